The normalized spacial score (nSPS) is 11.8. The van der Waals surface area contributed by atoms with E-state index >= 15 is 0 Å². The van der Waals surface area contributed by atoms with Crippen LogP contribution in [0, 0.1) is 0 Å². The summed E-state index contributed by atoms with van der Waals surface area (Å²) in [5.74, 6) is 0. The molecule has 0 spiro atoms. The van der Waals surface area contributed by atoms with Crippen LogP contribution in [0.2, 0.25) is 5.28 Å². The van der Waals surface area contributed by atoms with Crippen molar-refractivity contribution in [2.45, 2.75) is 6.18 Å². The van der Waals surface area contributed by atoms with E-state index in [1.807, 2.05) is 0 Å². The van der Waals surface area contributed by atoms with Crippen molar-refractivity contribution in [3.63, 3.8) is 0 Å². The summed E-state index contributed by atoms with van der Waals surface area (Å²) in [6.45, 7) is 0. The highest BCUT2D eigenvalue weighted by molar-refractivity contribution is 7.09. The molecule has 2 rings (SSSR count). The van der Waals surface area contributed by atoms with Crippen LogP contribution >= 0.6 is 23.1 Å². The van der Waals surface area contributed by atoms with Crippen LogP contribution in [0.4, 0.5) is 13.2 Å². The van der Waals surface area contributed by atoms with Crippen molar-refractivity contribution in [1.82, 2.24) is 9.36 Å². The van der Waals surface area contributed by atoms with Gasteiger partial charge in [0, 0.05) is 5.56 Å². The molecule has 0 fully saturated rings. The molecule has 0 aliphatic heterocycles. The van der Waals surface area contributed by atoms with Crippen LogP contribution < -0.4 is 0 Å². The molecule has 0 amide bonds. The van der Waals surface area contributed by atoms with E-state index in [4.69, 9.17) is 11.6 Å². The van der Waals surface area contributed by atoms with Gasteiger partial charge in [0.1, 0.15) is 5.01 Å². The SMILES string of the molecule is FC(F)(F)c1ccccc1-c1nc(Cl)ns1. The maximum absolute atomic E-state index is 12.7. The number of nitrogens with zero attached hydrogens (tertiary/aromatic N) is 2. The molecular weight excluding hydrogens is 261 g/mol. The molecule has 2 nitrogen and oxygen atoms in total. The van der Waals surface area contributed by atoms with Crippen LogP contribution in [0.1, 0.15) is 5.56 Å². The molecule has 2 aromatic rings. The van der Waals surface area contributed by atoms with Gasteiger partial charge in [0.15, 0.2) is 0 Å². The van der Waals surface area contributed by atoms with Crippen molar-refractivity contribution >= 4 is 23.1 Å². The van der Waals surface area contributed by atoms with Gasteiger partial charge in [-0.25, -0.2) is 4.98 Å². The molecule has 0 bridgehead atoms. The number of rotatable bonds is 1. The lowest BCUT2D eigenvalue weighted by Crippen LogP contribution is -2.06. The van der Waals surface area contributed by atoms with E-state index in [0.717, 1.165) is 17.6 Å². The Morgan fingerprint density at radius 3 is 2.44 bits per heavy atom. The van der Waals surface area contributed by atoms with E-state index in [-0.39, 0.29) is 15.9 Å². The van der Waals surface area contributed by atoms with Crippen molar-refractivity contribution in [2.75, 3.05) is 0 Å². The average molecular weight is 265 g/mol. The van der Waals surface area contributed by atoms with Gasteiger partial charge in [0.2, 0.25) is 5.28 Å². The van der Waals surface area contributed by atoms with Crippen LogP contribution in [0.3, 0.4) is 0 Å². The van der Waals surface area contributed by atoms with Gasteiger partial charge in [-0.05, 0) is 29.2 Å². The van der Waals surface area contributed by atoms with Crippen LogP contribution in [0.5, 0.6) is 0 Å². The molecule has 0 saturated carbocycles. The number of alkyl halides is 3. The minimum absolute atomic E-state index is 0.000556. The Kier molecular flexibility index (Phi) is 2.86. The van der Waals surface area contributed by atoms with E-state index in [1.165, 1.54) is 18.2 Å². The maximum atomic E-state index is 12.7. The molecule has 16 heavy (non-hydrogen) atoms. The smallest absolute Gasteiger partial charge is 0.205 e. The van der Waals surface area contributed by atoms with Gasteiger partial charge in [0.25, 0.3) is 0 Å². The highest BCUT2D eigenvalue weighted by Gasteiger charge is 2.34. The summed E-state index contributed by atoms with van der Waals surface area (Å²) in [6, 6.07) is 5.19. The Balaban J connectivity index is 2.57. The highest BCUT2D eigenvalue weighted by atomic mass is 35.5. The first-order valence-corrected chi connectivity index (χ1v) is 5.29. The van der Waals surface area contributed by atoms with E-state index in [2.05, 4.69) is 9.36 Å². The Labute approximate surface area is 97.9 Å². The van der Waals surface area contributed by atoms with Gasteiger partial charge in [-0.3, -0.25) is 0 Å². The van der Waals surface area contributed by atoms with Crippen molar-refractivity contribution in [2.24, 2.45) is 0 Å². The van der Waals surface area contributed by atoms with Gasteiger partial charge < -0.3 is 0 Å². The van der Waals surface area contributed by atoms with Gasteiger partial charge in [0.05, 0.1) is 5.56 Å². The summed E-state index contributed by atoms with van der Waals surface area (Å²) < 4.78 is 41.6. The molecule has 0 aliphatic rings. The van der Waals surface area contributed by atoms with Crippen molar-refractivity contribution in [1.29, 1.82) is 0 Å². The molecule has 1 aromatic heterocycles. The molecule has 0 atom stereocenters. The quantitative estimate of drug-likeness (QED) is 0.781. The van der Waals surface area contributed by atoms with Crippen LogP contribution in [0.25, 0.3) is 10.6 Å². The van der Waals surface area contributed by atoms with Gasteiger partial charge in [-0.2, -0.15) is 17.5 Å². The zero-order chi connectivity index (χ0) is 11.8. The van der Waals surface area contributed by atoms with Gasteiger partial charge in [-0.1, -0.05) is 18.2 Å². The summed E-state index contributed by atoms with van der Waals surface area (Å²) in [4.78, 5) is 3.73. The lowest BCUT2D eigenvalue weighted by molar-refractivity contribution is -0.137. The third-order valence-electron chi connectivity index (χ3n) is 1.86. The predicted molar refractivity (Wildman–Crippen MR) is 55.4 cm³/mol. The summed E-state index contributed by atoms with van der Waals surface area (Å²) in [5, 5.41) is 0.120. The number of aromatic nitrogens is 2. The maximum Gasteiger partial charge on any atom is 0.417 e. The van der Waals surface area contributed by atoms with Gasteiger partial charge in [-0.15, -0.1) is 0 Å². The predicted octanol–water partition coefficient (Wildman–Crippen LogP) is 3.88. The molecule has 0 aliphatic carbocycles. The molecule has 0 unspecified atom stereocenters. The summed E-state index contributed by atoms with van der Waals surface area (Å²) in [6.07, 6.45) is -4.41. The zero-order valence-corrected chi connectivity index (χ0v) is 9.20. The summed E-state index contributed by atoms with van der Waals surface area (Å²) >= 11 is 6.32. The second kappa shape index (κ2) is 4.03. The zero-order valence-electron chi connectivity index (χ0n) is 7.62. The van der Waals surface area contributed by atoms with Crippen LogP contribution in [-0.2, 0) is 6.18 Å². The Morgan fingerprint density at radius 1 is 1.19 bits per heavy atom. The fraction of sp³-hybridized carbons (Fsp3) is 0.111. The second-order valence-electron chi connectivity index (χ2n) is 2.91. The molecule has 84 valence electrons. The molecule has 0 radical (unpaired) electrons. The largest absolute Gasteiger partial charge is 0.417 e. The highest BCUT2D eigenvalue weighted by Crippen LogP contribution is 2.37. The fourth-order valence-corrected chi connectivity index (χ4v) is 2.08. The third kappa shape index (κ3) is 2.17. The van der Waals surface area contributed by atoms with E-state index in [0.29, 0.717) is 0 Å². The van der Waals surface area contributed by atoms with Gasteiger partial charge >= 0.3 is 6.18 Å². The molecular formula is C9H4ClF3N2S. The van der Waals surface area contributed by atoms with E-state index < -0.39 is 11.7 Å². The number of halogens is 4. The summed E-state index contributed by atoms with van der Waals surface area (Å²) in [7, 11) is 0. The Morgan fingerprint density at radius 2 is 1.88 bits per heavy atom. The Hall–Kier alpha value is -1.14. The Bertz CT molecular complexity index is 509. The molecule has 1 aromatic carbocycles. The third-order valence-corrected chi connectivity index (χ3v) is 2.88. The molecule has 7 heteroatoms. The molecule has 0 N–H and O–H groups in total. The number of hydrogen-bond donors (Lipinski definition) is 0. The van der Waals surface area contributed by atoms with Crippen molar-refractivity contribution in [3.8, 4) is 10.6 Å². The minimum atomic E-state index is -4.41. The first kappa shape index (κ1) is 11.3. The minimum Gasteiger partial charge on any atom is -0.205 e. The fourth-order valence-electron chi connectivity index (χ4n) is 1.23. The van der Waals surface area contributed by atoms with E-state index in [1.54, 1.807) is 0 Å². The average Bonchev–Trinajstić information content (AvgIpc) is 2.64. The first-order chi connectivity index (χ1) is 7.48. The standard InChI is InChI=1S/C9H4ClF3N2S/c10-8-14-7(16-15-8)5-3-1-2-4-6(5)9(11,12)13/h1-4H. The molecule has 0 saturated heterocycles. The lowest BCUT2D eigenvalue weighted by atomic mass is 10.1. The van der Waals surface area contributed by atoms with Crippen LogP contribution in [-0.4, -0.2) is 9.36 Å². The van der Waals surface area contributed by atoms with E-state index in [9.17, 15) is 13.2 Å². The number of hydrogen-bond acceptors (Lipinski definition) is 3. The second-order valence-corrected chi connectivity index (χ2v) is 4.00. The lowest BCUT2D eigenvalue weighted by Gasteiger charge is -2.09. The topological polar surface area (TPSA) is 25.8 Å². The van der Waals surface area contributed by atoms with Crippen LogP contribution in [0.15, 0.2) is 24.3 Å². The van der Waals surface area contributed by atoms with Crippen molar-refractivity contribution in [3.05, 3.63) is 35.1 Å². The summed E-state index contributed by atoms with van der Waals surface area (Å²) in [5.41, 5.74) is -0.734. The first-order valence-electron chi connectivity index (χ1n) is 4.14. The van der Waals surface area contributed by atoms with Crippen molar-refractivity contribution < 1.29 is 13.2 Å². The monoisotopic (exact) mass is 264 g/mol. The number of benzene rings is 1. The molecule has 1 heterocycles.